The van der Waals surface area contributed by atoms with Crippen molar-refractivity contribution in [1.29, 1.82) is 0 Å². The average molecular weight is 348 g/mol. The molecule has 2 aromatic rings. The van der Waals surface area contributed by atoms with Gasteiger partial charge in [-0.15, -0.1) is 11.3 Å². The molecule has 0 bridgehead atoms. The number of aromatic hydroxyl groups is 1. The van der Waals surface area contributed by atoms with Crippen LogP contribution in [0.1, 0.15) is 0 Å². The summed E-state index contributed by atoms with van der Waals surface area (Å²) in [7, 11) is -2.06. The van der Waals surface area contributed by atoms with Crippen LogP contribution in [0.5, 0.6) is 5.75 Å². The molecule has 1 heterocycles. The van der Waals surface area contributed by atoms with E-state index in [0.717, 1.165) is 15.1 Å². The number of phenolic OH excluding ortho intramolecular Hbond substituents is 1. The Hall–Kier alpha value is -1.05. The van der Waals surface area contributed by atoms with Gasteiger partial charge in [0.2, 0.25) is 0 Å². The van der Waals surface area contributed by atoms with Crippen molar-refractivity contribution < 1.29 is 13.5 Å². The molecule has 0 aliphatic carbocycles. The zero-order valence-corrected chi connectivity index (χ0v) is 12.6. The van der Waals surface area contributed by atoms with E-state index in [-0.39, 0.29) is 9.96 Å². The van der Waals surface area contributed by atoms with E-state index in [0.29, 0.717) is 5.69 Å². The van der Waals surface area contributed by atoms with E-state index in [1.165, 1.54) is 23.5 Å². The Morgan fingerprint density at radius 2 is 1.78 bits per heavy atom. The van der Waals surface area contributed by atoms with Gasteiger partial charge in [0.25, 0.3) is 10.0 Å². The van der Waals surface area contributed by atoms with Gasteiger partial charge in [-0.2, -0.15) is 0 Å². The van der Waals surface area contributed by atoms with Crippen molar-refractivity contribution in [2.45, 2.75) is 4.21 Å². The number of phenols is 1. The van der Waals surface area contributed by atoms with Crippen LogP contribution in [0.3, 0.4) is 0 Å². The highest BCUT2D eigenvalue weighted by molar-refractivity contribution is 9.11. The zero-order chi connectivity index (χ0) is 13.3. The Morgan fingerprint density at radius 1 is 1.17 bits per heavy atom. The van der Waals surface area contributed by atoms with E-state index in [9.17, 15) is 13.5 Å². The lowest BCUT2D eigenvalue weighted by atomic mass is 10.3. The molecule has 0 saturated carbocycles. The van der Waals surface area contributed by atoms with Gasteiger partial charge < -0.3 is 5.11 Å². The van der Waals surface area contributed by atoms with Crippen LogP contribution in [0.25, 0.3) is 0 Å². The van der Waals surface area contributed by atoms with Crippen LogP contribution < -0.4 is 4.31 Å². The third-order valence-electron chi connectivity index (χ3n) is 2.38. The van der Waals surface area contributed by atoms with E-state index < -0.39 is 10.0 Å². The Balaban J connectivity index is 2.39. The summed E-state index contributed by atoms with van der Waals surface area (Å²) in [6.07, 6.45) is 0. The molecule has 2 rings (SSSR count). The molecule has 1 aromatic carbocycles. The van der Waals surface area contributed by atoms with Crippen LogP contribution in [0.4, 0.5) is 5.69 Å². The molecule has 4 nitrogen and oxygen atoms in total. The highest BCUT2D eigenvalue weighted by Gasteiger charge is 2.22. The topological polar surface area (TPSA) is 57.6 Å². The fourth-order valence-corrected chi connectivity index (χ4v) is 4.75. The predicted molar refractivity (Wildman–Crippen MR) is 75.7 cm³/mol. The molecule has 0 fully saturated rings. The first-order chi connectivity index (χ1) is 8.41. The summed E-state index contributed by atoms with van der Waals surface area (Å²) in [5, 5.41) is 9.19. The number of benzene rings is 1. The summed E-state index contributed by atoms with van der Waals surface area (Å²) >= 11 is 4.40. The third kappa shape index (κ3) is 2.52. The summed E-state index contributed by atoms with van der Waals surface area (Å²) in [6.45, 7) is 0. The monoisotopic (exact) mass is 347 g/mol. The summed E-state index contributed by atoms with van der Waals surface area (Å²) in [6, 6.07) is 9.26. The minimum absolute atomic E-state index is 0.100. The highest BCUT2D eigenvalue weighted by Crippen LogP contribution is 2.30. The average Bonchev–Trinajstić information content (AvgIpc) is 2.76. The second kappa shape index (κ2) is 4.91. The molecule has 96 valence electrons. The van der Waals surface area contributed by atoms with Crippen molar-refractivity contribution in [2.24, 2.45) is 0 Å². The second-order valence-corrected chi connectivity index (χ2v) is 8.21. The van der Waals surface area contributed by atoms with Crippen LogP contribution in [0.15, 0.2) is 44.4 Å². The van der Waals surface area contributed by atoms with Gasteiger partial charge in [-0.1, -0.05) is 0 Å². The van der Waals surface area contributed by atoms with E-state index in [2.05, 4.69) is 15.9 Å². The van der Waals surface area contributed by atoms with Gasteiger partial charge in [0.05, 0.1) is 9.47 Å². The minimum atomic E-state index is -3.54. The fraction of sp³-hybridized carbons (Fsp3) is 0.0909. The first kappa shape index (κ1) is 13.4. The summed E-state index contributed by atoms with van der Waals surface area (Å²) in [4.78, 5) is 0. The second-order valence-electron chi connectivity index (χ2n) is 3.55. The first-order valence-corrected chi connectivity index (χ1v) is 7.99. The van der Waals surface area contributed by atoms with Crippen molar-refractivity contribution in [3.63, 3.8) is 0 Å². The van der Waals surface area contributed by atoms with Gasteiger partial charge in [0.1, 0.15) is 9.96 Å². The number of thiophene rings is 1. The van der Waals surface area contributed by atoms with Crippen molar-refractivity contribution >= 4 is 43.0 Å². The number of hydrogen-bond donors (Lipinski definition) is 1. The number of halogens is 1. The molecule has 0 aliphatic heterocycles. The number of nitrogens with zero attached hydrogens (tertiary/aromatic N) is 1. The van der Waals surface area contributed by atoms with Crippen LogP contribution >= 0.6 is 27.3 Å². The van der Waals surface area contributed by atoms with Crippen LogP contribution in [-0.4, -0.2) is 20.6 Å². The van der Waals surface area contributed by atoms with Gasteiger partial charge in [0, 0.05) is 7.05 Å². The lowest BCUT2D eigenvalue weighted by molar-refractivity contribution is 0.475. The van der Waals surface area contributed by atoms with Gasteiger partial charge in [-0.05, 0) is 52.3 Å². The number of rotatable bonds is 3. The van der Waals surface area contributed by atoms with Crippen molar-refractivity contribution in [3.05, 3.63) is 40.2 Å². The molecule has 0 atom stereocenters. The third-order valence-corrected chi connectivity index (χ3v) is 6.25. The predicted octanol–water partition coefficient (Wildman–Crippen LogP) is 3.04. The molecule has 1 aromatic heterocycles. The number of sulfonamides is 1. The largest absolute Gasteiger partial charge is 0.508 e. The number of anilines is 1. The van der Waals surface area contributed by atoms with Gasteiger partial charge in [0.15, 0.2) is 0 Å². The van der Waals surface area contributed by atoms with Crippen LogP contribution in [0.2, 0.25) is 0 Å². The smallest absolute Gasteiger partial charge is 0.273 e. The molecule has 7 heteroatoms. The minimum Gasteiger partial charge on any atom is -0.508 e. The van der Waals surface area contributed by atoms with Crippen LogP contribution in [-0.2, 0) is 10.0 Å². The van der Waals surface area contributed by atoms with E-state index >= 15 is 0 Å². The maximum absolute atomic E-state index is 12.3. The van der Waals surface area contributed by atoms with E-state index in [1.807, 2.05) is 0 Å². The van der Waals surface area contributed by atoms with Crippen molar-refractivity contribution in [3.8, 4) is 5.75 Å². The Labute approximate surface area is 118 Å². The molecular formula is C11H10BrNO3S2. The Morgan fingerprint density at radius 3 is 2.28 bits per heavy atom. The molecule has 1 N–H and O–H groups in total. The molecule has 0 spiro atoms. The lowest BCUT2D eigenvalue weighted by Crippen LogP contribution is -2.25. The lowest BCUT2D eigenvalue weighted by Gasteiger charge is -2.18. The van der Waals surface area contributed by atoms with E-state index in [4.69, 9.17) is 0 Å². The Kier molecular flexibility index (Phi) is 3.65. The summed E-state index contributed by atoms with van der Waals surface area (Å²) < 4.78 is 26.8. The molecule has 18 heavy (non-hydrogen) atoms. The van der Waals surface area contributed by atoms with Crippen LogP contribution in [0, 0.1) is 0 Å². The molecule has 0 unspecified atom stereocenters. The highest BCUT2D eigenvalue weighted by atomic mass is 79.9. The van der Waals surface area contributed by atoms with Crippen molar-refractivity contribution in [2.75, 3.05) is 11.4 Å². The number of hydrogen-bond acceptors (Lipinski definition) is 4. The molecule has 0 aliphatic rings. The van der Waals surface area contributed by atoms with Gasteiger partial charge >= 0.3 is 0 Å². The fourth-order valence-electron chi connectivity index (χ4n) is 1.37. The maximum atomic E-state index is 12.3. The first-order valence-electron chi connectivity index (χ1n) is 4.94. The molecule has 0 radical (unpaired) electrons. The summed E-state index contributed by atoms with van der Waals surface area (Å²) in [5.41, 5.74) is 0.498. The maximum Gasteiger partial charge on any atom is 0.273 e. The normalized spacial score (nSPS) is 11.4. The SMILES string of the molecule is CN(c1ccc(O)cc1)S(=O)(=O)c1ccc(Br)s1. The van der Waals surface area contributed by atoms with Crippen molar-refractivity contribution in [1.82, 2.24) is 0 Å². The standard InChI is InChI=1S/C11H10BrNO3S2/c1-13(8-2-4-9(14)5-3-8)18(15,16)11-7-6-10(12)17-11/h2-7,14H,1H3. The van der Waals surface area contributed by atoms with Gasteiger partial charge in [-0.3, -0.25) is 4.31 Å². The van der Waals surface area contributed by atoms with E-state index in [1.54, 1.807) is 24.3 Å². The molecule has 0 amide bonds. The Bertz CT molecular complexity index is 649. The summed E-state index contributed by atoms with van der Waals surface area (Å²) in [5.74, 6) is 0.100. The zero-order valence-electron chi connectivity index (χ0n) is 9.37. The van der Waals surface area contributed by atoms with Gasteiger partial charge in [-0.25, -0.2) is 8.42 Å². The molecule has 0 saturated heterocycles. The molecular weight excluding hydrogens is 338 g/mol. The quantitative estimate of drug-likeness (QED) is 0.928.